The van der Waals surface area contributed by atoms with Gasteiger partial charge in [0, 0.05) is 18.2 Å². The quantitative estimate of drug-likeness (QED) is 0.594. The second kappa shape index (κ2) is 2.45. The van der Waals surface area contributed by atoms with Gasteiger partial charge in [-0.15, -0.1) is 0 Å². The fourth-order valence-corrected chi connectivity index (χ4v) is 2.35. The smallest absolute Gasteiger partial charge is 0.116 e. The maximum atomic E-state index is 5.67. The molecule has 1 fully saturated rings. The zero-order valence-electron chi connectivity index (χ0n) is 7.97. The molecule has 0 unspecified atom stereocenters. The average Bonchev–Trinajstić information content (AvgIpc) is 3.10. The van der Waals surface area contributed by atoms with Gasteiger partial charge in [0.1, 0.15) is 17.9 Å². The van der Waals surface area contributed by atoms with Crippen LogP contribution < -0.4 is 0 Å². The Balaban J connectivity index is 2.04. The lowest BCUT2D eigenvalue weighted by molar-refractivity contribution is 0.389. The van der Waals surface area contributed by atoms with Gasteiger partial charge in [0.25, 0.3) is 0 Å². The Labute approximate surface area is 86.8 Å². The fourth-order valence-electron chi connectivity index (χ4n) is 2.35. The minimum Gasteiger partial charge on any atom is -0.360 e. The number of rotatable bonds is 0. The Bertz CT molecular complexity index is 552. The van der Waals surface area contributed by atoms with Gasteiger partial charge in [-0.05, 0) is 23.6 Å². The molecule has 0 aromatic carbocycles. The van der Waals surface area contributed by atoms with Gasteiger partial charge in [-0.2, -0.15) is 0 Å². The average molecular weight is 196 g/mol. The van der Waals surface area contributed by atoms with E-state index in [1.54, 1.807) is 6.20 Å². The molecule has 1 aliphatic carbocycles. The maximum Gasteiger partial charge on any atom is 0.116 e. The standard InChI is InChI=1S/C12H8N2O/c1-3-7-9(13-5-1)10-8(4-2-6-14-10)12-11(7)15-12/h1-3,5,11-12H,4H2/t11-,12-/m1/s1. The van der Waals surface area contributed by atoms with Crippen molar-refractivity contribution in [3.05, 3.63) is 41.2 Å². The molecule has 15 heavy (non-hydrogen) atoms. The van der Waals surface area contributed by atoms with E-state index >= 15 is 0 Å². The van der Waals surface area contributed by atoms with Crippen LogP contribution in [0.3, 0.4) is 0 Å². The van der Waals surface area contributed by atoms with E-state index in [9.17, 15) is 0 Å². The third-order valence-corrected chi connectivity index (χ3v) is 3.10. The Morgan fingerprint density at radius 1 is 1.40 bits per heavy atom. The number of aromatic nitrogens is 1. The van der Waals surface area contributed by atoms with Crippen LogP contribution in [0.15, 0.2) is 35.0 Å². The summed E-state index contributed by atoms with van der Waals surface area (Å²) >= 11 is 0. The molecule has 3 heterocycles. The van der Waals surface area contributed by atoms with Crippen molar-refractivity contribution in [3.8, 4) is 0 Å². The predicted molar refractivity (Wildman–Crippen MR) is 55.4 cm³/mol. The minimum atomic E-state index is 0.231. The highest BCUT2D eigenvalue weighted by Crippen LogP contribution is 2.52. The van der Waals surface area contributed by atoms with Gasteiger partial charge >= 0.3 is 0 Å². The number of nitrogens with zero attached hydrogens (tertiary/aromatic N) is 2. The summed E-state index contributed by atoms with van der Waals surface area (Å²) in [6.07, 6.45) is 5.13. The van der Waals surface area contributed by atoms with Gasteiger partial charge in [-0.3, -0.25) is 4.98 Å². The molecule has 2 atom stereocenters. The molecule has 1 aromatic heterocycles. The number of hydrogen-bond acceptors (Lipinski definition) is 3. The van der Waals surface area contributed by atoms with Crippen molar-refractivity contribution < 1.29 is 4.74 Å². The molecular formula is C12H8N2O. The highest BCUT2D eigenvalue weighted by molar-refractivity contribution is 5.80. The summed E-state index contributed by atoms with van der Waals surface area (Å²) in [5.74, 6) is 2.91. The van der Waals surface area contributed by atoms with Crippen LogP contribution in [0.25, 0.3) is 5.70 Å². The topological polar surface area (TPSA) is 37.8 Å². The zero-order chi connectivity index (χ0) is 9.83. The third-order valence-electron chi connectivity index (χ3n) is 3.10. The number of pyridine rings is 1. The number of ether oxygens (including phenoxy) is 1. The number of fused-ring (bicyclic) bond motifs is 5. The third kappa shape index (κ3) is 0.890. The molecular weight excluding hydrogens is 188 g/mol. The van der Waals surface area contributed by atoms with E-state index in [0.29, 0.717) is 0 Å². The molecule has 1 aromatic rings. The van der Waals surface area contributed by atoms with E-state index in [4.69, 9.17) is 4.74 Å². The zero-order valence-corrected chi connectivity index (χ0v) is 7.97. The van der Waals surface area contributed by atoms with Crippen molar-refractivity contribution in [3.63, 3.8) is 0 Å². The molecule has 2 aliphatic heterocycles. The van der Waals surface area contributed by atoms with E-state index in [1.165, 1.54) is 11.1 Å². The number of hydrogen-bond donors (Lipinski definition) is 0. The van der Waals surface area contributed by atoms with Gasteiger partial charge in [-0.1, -0.05) is 6.07 Å². The first kappa shape index (κ1) is 7.57. The second-order valence-electron chi connectivity index (χ2n) is 3.94. The lowest BCUT2D eigenvalue weighted by Crippen LogP contribution is -2.09. The van der Waals surface area contributed by atoms with Gasteiger partial charge < -0.3 is 4.74 Å². The predicted octanol–water partition coefficient (Wildman–Crippen LogP) is 1.88. The van der Waals surface area contributed by atoms with E-state index in [2.05, 4.69) is 21.9 Å². The Hall–Kier alpha value is -1.70. The Kier molecular flexibility index (Phi) is 1.24. The molecule has 0 bridgehead atoms. The molecule has 3 aliphatic rings. The first-order valence-corrected chi connectivity index (χ1v) is 5.07. The van der Waals surface area contributed by atoms with Crippen molar-refractivity contribution in [1.29, 1.82) is 0 Å². The lowest BCUT2D eigenvalue weighted by atomic mass is 9.91. The van der Waals surface area contributed by atoms with E-state index in [-0.39, 0.29) is 12.2 Å². The van der Waals surface area contributed by atoms with Gasteiger partial charge in [-0.25, -0.2) is 4.99 Å². The Morgan fingerprint density at radius 3 is 3.40 bits per heavy atom. The van der Waals surface area contributed by atoms with Crippen molar-refractivity contribution in [2.75, 3.05) is 0 Å². The van der Waals surface area contributed by atoms with E-state index in [0.717, 1.165) is 17.8 Å². The first-order chi connectivity index (χ1) is 7.45. The summed E-state index contributed by atoms with van der Waals surface area (Å²) in [7, 11) is 0. The normalized spacial score (nSPS) is 29.6. The summed E-state index contributed by atoms with van der Waals surface area (Å²) in [6, 6.07) is 4.02. The van der Waals surface area contributed by atoms with Gasteiger partial charge in [0.15, 0.2) is 0 Å². The van der Waals surface area contributed by atoms with Crippen molar-refractivity contribution >= 4 is 11.6 Å². The number of aliphatic imine (C=N–C) groups is 1. The number of allylic oxidation sites excluding steroid dienone is 1. The summed E-state index contributed by atoms with van der Waals surface area (Å²) < 4.78 is 5.67. The molecule has 1 saturated heterocycles. The fraction of sp³-hybridized carbons (Fsp3) is 0.250. The summed E-state index contributed by atoms with van der Waals surface area (Å²) in [5.41, 5.74) is 4.40. The molecule has 72 valence electrons. The van der Waals surface area contributed by atoms with Crippen molar-refractivity contribution in [2.45, 2.75) is 18.6 Å². The van der Waals surface area contributed by atoms with Crippen LogP contribution >= 0.6 is 0 Å². The Morgan fingerprint density at radius 2 is 2.40 bits per heavy atom. The van der Waals surface area contributed by atoms with Crippen molar-refractivity contribution in [1.82, 2.24) is 4.98 Å². The van der Waals surface area contributed by atoms with Crippen LogP contribution in [0, 0.1) is 0 Å². The van der Waals surface area contributed by atoms with Crippen LogP contribution in [0.2, 0.25) is 0 Å². The van der Waals surface area contributed by atoms with E-state index in [1.807, 2.05) is 12.1 Å². The molecule has 0 spiro atoms. The van der Waals surface area contributed by atoms with Crippen LogP contribution in [0.5, 0.6) is 0 Å². The van der Waals surface area contributed by atoms with Crippen LogP contribution in [0.1, 0.15) is 23.8 Å². The van der Waals surface area contributed by atoms with E-state index < -0.39 is 0 Å². The molecule has 0 radical (unpaired) electrons. The summed E-state index contributed by atoms with van der Waals surface area (Å²) in [6.45, 7) is 0. The highest BCUT2D eigenvalue weighted by Gasteiger charge is 2.49. The SMILES string of the molecule is C1=CCC2=C(N=1)c1ncccc1[C@H]1O[C@H]21. The molecule has 0 N–H and O–H groups in total. The monoisotopic (exact) mass is 196 g/mol. The van der Waals surface area contributed by atoms with Gasteiger partial charge in [0.2, 0.25) is 0 Å². The largest absolute Gasteiger partial charge is 0.360 e. The molecule has 0 saturated carbocycles. The number of epoxide rings is 1. The van der Waals surface area contributed by atoms with Gasteiger partial charge in [0.05, 0.1) is 5.69 Å². The van der Waals surface area contributed by atoms with Crippen LogP contribution in [-0.2, 0) is 4.74 Å². The van der Waals surface area contributed by atoms with Crippen molar-refractivity contribution in [2.24, 2.45) is 4.99 Å². The summed E-state index contributed by atoms with van der Waals surface area (Å²) in [5, 5.41) is 0. The molecule has 3 heteroatoms. The second-order valence-corrected chi connectivity index (χ2v) is 3.94. The first-order valence-electron chi connectivity index (χ1n) is 5.07. The van der Waals surface area contributed by atoms with Crippen LogP contribution in [-0.4, -0.2) is 17.0 Å². The minimum absolute atomic E-state index is 0.231. The lowest BCUT2D eigenvalue weighted by Gasteiger charge is -2.16. The molecule has 0 amide bonds. The highest BCUT2D eigenvalue weighted by atomic mass is 16.6. The molecule has 3 nitrogen and oxygen atoms in total. The summed E-state index contributed by atoms with van der Waals surface area (Å²) in [4.78, 5) is 8.70. The molecule has 4 rings (SSSR count). The maximum absolute atomic E-state index is 5.67. The van der Waals surface area contributed by atoms with Crippen LogP contribution in [0.4, 0.5) is 0 Å².